The van der Waals surface area contributed by atoms with Gasteiger partial charge in [-0.2, -0.15) is 0 Å². The number of rotatable bonds is 0. The van der Waals surface area contributed by atoms with E-state index in [0.29, 0.717) is 49.5 Å². The summed E-state index contributed by atoms with van der Waals surface area (Å²) in [5, 5.41) is 13.6. The molecule has 8 nitrogen and oxygen atoms in total. The lowest BCUT2D eigenvalue weighted by Crippen LogP contribution is -2.81. The van der Waals surface area contributed by atoms with Crippen molar-refractivity contribution in [1.82, 2.24) is 9.80 Å². The van der Waals surface area contributed by atoms with Crippen molar-refractivity contribution >= 4 is 17.5 Å². The highest BCUT2D eigenvalue weighted by molar-refractivity contribution is 6.09. The molecule has 8 rings (SSSR count). The molecule has 3 spiro atoms. The number of piperidine rings is 3. The van der Waals surface area contributed by atoms with Gasteiger partial charge in [0.25, 0.3) is 0 Å². The minimum atomic E-state index is -0.815. The second kappa shape index (κ2) is 6.45. The van der Waals surface area contributed by atoms with Gasteiger partial charge in [0, 0.05) is 20.1 Å². The summed E-state index contributed by atoms with van der Waals surface area (Å²) < 4.78 is 12.2. The number of hydrogen-bond acceptors (Lipinski definition) is 6. The number of nitrogens with one attached hydrogen (secondary N) is 1. The number of aliphatic hydroxyl groups is 1. The van der Waals surface area contributed by atoms with Crippen LogP contribution in [0.4, 0.5) is 5.69 Å². The minimum Gasteiger partial charge on any atom is -0.480 e. The Morgan fingerprint density at radius 2 is 1.94 bits per heavy atom. The summed E-state index contributed by atoms with van der Waals surface area (Å²) >= 11 is 0. The zero-order valence-electron chi connectivity index (χ0n) is 21.7. The fourth-order valence-electron chi connectivity index (χ4n) is 8.87. The van der Waals surface area contributed by atoms with Crippen molar-refractivity contribution in [3.05, 3.63) is 30.0 Å². The largest absolute Gasteiger partial charge is 0.480 e. The second-order valence-electron chi connectivity index (χ2n) is 13.0. The minimum absolute atomic E-state index is 0.0319. The number of anilines is 1. The van der Waals surface area contributed by atoms with Gasteiger partial charge in [0.15, 0.2) is 11.5 Å². The van der Waals surface area contributed by atoms with E-state index in [2.05, 4.69) is 24.1 Å². The van der Waals surface area contributed by atoms with Gasteiger partial charge < -0.3 is 24.8 Å². The smallest absolute Gasteiger partial charge is 0.243 e. The first-order valence-corrected chi connectivity index (χ1v) is 13.1. The Morgan fingerprint density at radius 3 is 2.72 bits per heavy atom. The molecule has 0 radical (unpaired) electrons. The maximum absolute atomic E-state index is 14.2. The summed E-state index contributed by atoms with van der Waals surface area (Å²) in [4.78, 5) is 32.3. The maximum Gasteiger partial charge on any atom is 0.243 e. The monoisotopic (exact) mass is 493 g/mol. The molecule has 2 N–H and O–H groups in total. The van der Waals surface area contributed by atoms with Gasteiger partial charge in [-0.15, -0.1) is 0 Å². The van der Waals surface area contributed by atoms with Gasteiger partial charge >= 0.3 is 0 Å². The SMILES string of the molecule is CN1C(=O)[C@@]23CC[C@H](O)CN2C[C@@]12C[C@@]1(C(=O)Nc4c1ccc1c4OC=CC(C)(C)O1)C(C)(C)[C@@H]2C3. The fourth-order valence-corrected chi connectivity index (χ4v) is 8.87. The van der Waals surface area contributed by atoms with E-state index >= 15 is 0 Å². The highest BCUT2D eigenvalue weighted by Crippen LogP contribution is 2.72. The first kappa shape index (κ1) is 22.6. The number of aliphatic hydroxyl groups excluding tert-OH is 1. The van der Waals surface area contributed by atoms with Gasteiger partial charge in [0.1, 0.15) is 11.1 Å². The van der Waals surface area contributed by atoms with Gasteiger partial charge in [-0.1, -0.05) is 19.9 Å². The molecule has 0 unspecified atom stereocenters. The number of benzene rings is 1. The summed E-state index contributed by atoms with van der Waals surface area (Å²) in [6, 6.07) is 3.95. The molecule has 2 amide bonds. The fraction of sp³-hybridized carbons (Fsp3) is 0.643. The van der Waals surface area contributed by atoms with Gasteiger partial charge in [0.2, 0.25) is 11.8 Å². The molecule has 6 heterocycles. The predicted octanol–water partition coefficient (Wildman–Crippen LogP) is 2.80. The molecule has 1 aromatic rings. The average Bonchev–Trinajstić information content (AvgIpc) is 3.12. The van der Waals surface area contributed by atoms with Crippen LogP contribution in [0.2, 0.25) is 0 Å². The highest BCUT2D eigenvalue weighted by Gasteiger charge is 2.79. The zero-order valence-corrected chi connectivity index (χ0v) is 21.7. The number of amides is 2. The van der Waals surface area contributed by atoms with Crippen molar-refractivity contribution < 1.29 is 24.2 Å². The predicted molar refractivity (Wildman–Crippen MR) is 133 cm³/mol. The number of carbonyl (C=O) groups is 2. The Morgan fingerprint density at radius 1 is 1.17 bits per heavy atom. The molecule has 0 aromatic heterocycles. The lowest BCUT2D eigenvalue weighted by molar-refractivity contribution is -0.202. The first-order chi connectivity index (χ1) is 16.9. The molecule has 5 atom stereocenters. The summed E-state index contributed by atoms with van der Waals surface area (Å²) in [6.07, 6.45) is 5.66. The Bertz CT molecular complexity index is 1260. The van der Waals surface area contributed by atoms with Crippen molar-refractivity contribution in [3.63, 3.8) is 0 Å². The van der Waals surface area contributed by atoms with Crippen LogP contribution in [0.15, 0.2) is 24.5 Å². The number of carbonyl (C=O) groups excluding carboxylic acids is 2. The van der Waals surface area contributed by atoms with E-state index < -0.39 is 33.6 Å². The van der Waals surface area contributed by atoms with Crippen molar-refractivity contribution in [1.29, 1.82) is 0 Å². The standard InChI is InChI=1S/C28H35N3O5/c1-24(2)10-11-35-21-18(36-24)7-6-17-20(21)29-22(33)28(17)14-27-15-31-13-16(32)8-9-26(31,23(34)30(27)5)12-19(27)25(28,3)4/h6-7,10-11,16,19,32H,8-9,12-15H2,1-5H3,(H,29,33)/t16-,19-,26-,27+,28+/m0/s1. The molecule has 1 saturated carbocycles. The zero-order chi connectivity index (χ0) is 25.5. The highest BCUT2D eigenvalue weighted by atomic mass is 16.5. The van der Waals surface area contributed by atoms with Crippen molar-refractivity contribution in [3.8, 4) is 11.5 Å². The quantitative estimate of drug-likeness (QED) is 0.578. The van der Waals surface area contributed by atoms with E-state index in [1.165, 1.54) is 0 Å². The van der Waals surface area contributed by atoms with Crippen LogP contribution < -0.4 is 14.8 Å². The van der Waals surface area contributed by atoms with Crippen LogP contribution in [0.5, 0.6) is 11.5 Å². The maximum atomic E-state index is 14.2. The number of nitrogens with zero attached hydrogens (tertiary/aromatic N) is 2. The number of hydrogen-bond donors (Lipinski definition) is 2. The van der Waals surface area contributed by atoms with Crippen LogP contribution in [0.25, 0.3) is 0 Å². The molecule has 6 aliphatic heterocycles. The first-order valence-electron chi connectivity index (χ1n) is 13.1. The van der Waals surface area contributed by atoms with Gasteiger partial charge in [-0.3, -0.25) is 14.5 Å². The van der Waals surface area contributed by atoms with Gasteiger partial charge in [-0.05, 0) is 68.6 Å². The van der Waals surface area contributed by atoms with E-state index in [0.717, 1.165) is 12.0 Å². The molecule has 192 valence electrons. The van der Waals surface area contributed by atoms with E-state index in [-0.39, 0.29) is 17.7 Å². The summed E-state index contributed by atoms with van der Waals surface area (Å²) in [5.41, 5.74) is -1.22. The Kier molecular flexibility index (Phi) is 4.05. The normalized spacial score (nSPS) is 41.1. The molecular weight excluding hydrogens is 458 g/mol. The van der Waals surface area contributed by atoms with Crippen LogP contribution in [-0.4, -0.2) is 69.6 Å². The number of β-amino-alcohol motifs (C(OH)–C–C–N with tert-alkyl or cyclic N) is 1. The van der Waals surface area contributed by atoms with E-state index in [1.54, 1.807) is 6.26 Å². The Hall–Kier alpha value is -2.58. The van der Waals surface area contributed by atoms with Gasteiger partial charge in [0.05, 0.1) is 29.0 Å². The number of ether oxygens (including phenoxy) is 2. The third-order valence-corrected chi connectivity index (χ3v) is 10.7. The molecule has 5 fully saturated rings. The van der Waals surface area contributed by atoms with Crippen molar-refractivity contribution in [2.75, 3.05) is 25.5 Å². The molecule has 7 aliphatic rings. The van der Waals surface area contributed by atoms with Crippen LogP contribution in [0.3, 0.4) is 0 Å². The lowest BCUT2D eigenvalue weighted by Gasteiger charge is -2.67. The molecule has 36 heavy (non-hydrogen) atoms. The number of likely N-dealkylation sites (N-methyl/N-ethyl adjacent to an activating group) is 1. The van der Waals surface area contributed by atoms with E-state index in [4.69, 9.17) is 9.47 Å². The molecule has 4 saturated heterocycles. The lowest BCUT2D eigenvalue weighted by atomic mass is 9.56. The van der Waals surface area contributed by atoms with Crippen LogP contribution in [0.1, 0.15) is 58.9 Å². The molecule has 8 heteroatoms. The number of fused-ring (bicyclic) bond motifs is 5. The Labute approximate surface area is 211 Å². The van der Waals surface area contributed by atoms with E-state index in [1.807, 2.05) is 44.0 Å². The van der Waals surface area contributed by atoms with Crippen molar-refractivity contribution in [2.45, 2.75) is 81.6 Å². The van der Waals surface area contributed by atoms with Gasteiger partial charge in [-0.25, -0.2) is 0 Å². The van der Waals surface area contributed by atoms with E-state index in [9.17, 15) is 14.7 Å². The Balaban J connectivity index is 1.40. The summed E-state index contributed by atoms with van der Waals surface area (Å²) in [5.74, 6) is 1.40. The molecular formula is C28H35N3O5. The van der Waals surface area contributed by atoms with Crippen LogP contribution in [0, 0.1) is 11.3 Å². The van der Waals surface area contributed by atoms with Crippen LogP contribution in [-0.2, 0) is 15.0 Å². The summed E-state index contributed by atoms with van der Waals surface area (Å²) in [7, 11) is 1.93. The summed E-state index contributed by atoms with van der Waals surface area (Å²) in [6.45, 7) is 9.56. The average molecular weight is 494 g/mol. The third kappa shape index (κ3) is 2.34. The number of piperazine rings is 1. The van der Waals surface area contributed by atoms with Crippen LogP contribution >= 0.6 is 0 Å². The van der Waals surface area contributed by atoms with Crippen molar-refractivity contribution in [2.24, 2.45) is 11.3 Å². The third-order valence-electron chi connectivity index (χ3n) is 10.7. The molecule has 1 aromatic carbocycles. The molecule has 2 bridgehead atoms. The molecule has 1 aliphatic carbocycles. The second-order valence-corrected chi connectivity index (χ2v) is 13.0. The topological polar surface area (TPSA) is 91.3 Å².